The van der Waals surface area contributed by atoms with E-state index in [1.807, 2.05) is 13.8 Å². The second-order valence-electron chi connectivity index (χ2n) is 11.0. The molecule has 0 aliphatic heterocycles. The largest absolute Gasteiger partial charge is 0.507 e. The van der Waals surface area contributed by atoms with Crippen LogP contribution < -0.4 is 10.6 Å². The van der Waals surface area contributed by atoms with Crippen LogP contribution in [-0.2, 0) is 14.3 Å². The van der Waals surface area contributed by atoms with Gasteiger partial charge in [0.1, 0.15) is 23.4 Å². The smallest absolute Gasteiger partial charge is 0.408 e. The summed E-state index contributed by atoms with van der Waals surface area (Å²) in [5.41, 5.74) is 0.206. The minimum Gasteiger partial charge on any atom is -0.507 e. The van der Waals surface area contributed by atoms with Crippen LogP contribution >= 0.6 is 0 Å². The third kappa shape index (κ3) is 8.51. The zero-order valence-electron chi connectivity index (χ0n) is 23.3. The highest BCUT2D eigenvalue weighted by Gasteiger charge is 2.39. The van der Waals surface area contributed by atoms with Gasteiger partial charge in [-0.2, -0.15) is 0 Å². The number of carbonyl (C=O) groups is 3. The van der Waals surface area contributed by atoms with Gasteiger partial charge in [0, 0.05) is 18.2 Å². The predicted octanol–water partition coefficient (Wildman–Crippen LogP) is 5.14. The molecule has 2 rings (SSSR count). The normalized spacial score (nSPS) is 16.7. The van der Waals surface area contributed by atoms with Crippen molar-refractivity contribution in [3.63, 3.8) is 0 Å². The number of phenolic OH excluding ortho intramolecular Hbond substituents is 1. The summed E-state index contributed by atoms with van der Waals surface area (Å²) in [6.45, 7) is 14.7. The molecule has 3 atom stereocenters. The number of amides is 3. The van der Waals surface area contributed by atoms with Gasteiger partial charge in [-0.3, -0.25) is 9.59 Å². The first kappa shape index (κ1) is 30.2. The minimum atomic E-state index is -1.10. The number of benzene rings is 1. The first-order valence-corrected chi connectivity index (χ1v) is 13.4. The van der Waals surface area contributed by atoms with Crippen LogP contribution in [0, 0.1) is 12.8 Å². The first-order chi connectivity index (χ1) is 17.4. The Morgan fingerprint density at radius 3 is 2.43 bits per heavy atom. The Labute approximate surface area is 221 Å². The monoisotopic (exact) mass is 515 g/mol. The molecule has 3 unspecified atom stereocenters. The number of rotatable bonds is 10. The van der Waals surface area contributed by atoms with Crippen LogP contribution in [0.2, 0.25) is 0 Å². The molecule has 3 N–H and O–H groups in total. The lowest BCUT2D eigenvalue weighted by Gasteiger charge is -2.36. The molecule has 0 radical (unpaired) electrons. The highest BCUT2D eigenvalue weighted by atomic mass is 16.6. The topological polar surface area (TPSA) is 108 Å². The number of para-hydroxylation sites is 1. The van der Waals surface area contributed by atoms with Crippen LogP contribution in [0.25, 0.3) is 0 Å². The van der Waals surface area contributed by atoms with E-state index in [-0.39, 0.29) is 30.2 Å². The van der Waals surface area contributed by atoms with Crippen LogP contribution in [-0.4, -0.2) is 52.1 Å². The molecular weight excluding hydrogens is 470 g/mol. The number of phenols is 1. The van der Waals surface area contributed by atoms with Crippen molar-refractivity contribution in [2.75, 3.05) is 6.54 Å². The number of aryl methyl sites for hydroxylation is 1. The standard InChI is InChI=1S/C29H45N3O5/c1-8-18-32(27(35)23(19(3)9-2)31-28(36)37-29(5,6)7)24(22-17-13-14-20(4)25(22)33)26(34)30-21-15-11-10-12-16-21/h8,13-14,17,19,21,23-24,33H,1,9-12,15-16,18H2,2-7H3,(H,30,34)(H,31,36). The van der Waals surface area contributed by atoms with Crippen LogP contribution in [0.1, 0.15) is 90.3 Å². The van der Waals surface area contributed by atoms with Crippen molar-refractivity contribution in [3.05, 3.63) is 42.0 Å². The van der Waals surface area contributed by atoms with Crippen LogP contribution in [0.5, 0.6) is 5.75 Å². The third-order valence-electron chi connectivity index (χ3n) is 6.84. The average Bonchev–Trinajstić information content (AvgIpc) is 2.83. The summed E-state index contributed by atoms with van der Waals surface area (Å²) >= 11 is 0. The number of nitrogens with zero attached hydrogens (tertiary/aromatic N) is 1. The van der Waals surface area contributed by atoms with Gasteiger partial charge in [0.2, 0.25) is 11.8 Å². The van der Waals surface area contributed by atoms with Gasteiger partial charge >= 0.3 is 6.09 Å². The molecule has 37 heavy (non-hydrogen) atoms. The molecule has 0 saturated heterocycles. The highest BCUT2D eigenvalue weighted by Crippen LogP contribution is 2.33. The maximum atomic E-state index is 14.1. The Bertz CT molecular complexity index is 949. The quantitative estimate of drug-likeness (QED) is 0.374. The molecule has 206 valence electrons. The summed E-state index contributed by atoms with van der Waals surface area (Å²) in [4.78, 5) is 42.0. The van der Waals surface area contributed by atoms with Crippen LogP contribution in [0.4, 0.5) is 4.79 Å². The lowest BCUT2D eigenvalue weighted by Crippen LogP contribution is -2.55. The Kier molecular flexibility index (Phi) is 11.0. The van der Waals surface area contributed by atoms with Crippen LogP contribution in [0.3, 0.4) is 0 Å². The number of alkyl carbamates (subject to hydrolysis) is 1. The minimum absolute atomic E-state index is 0.0154. The van der Waals surface area contributed by atoms with Gasteiger partial charge in [0.25, 0.3) is 0 Å². The molecule has 0 spiro atoms. The van der Waals surface area contributed by atoms with Gasteiger partial charge in [-0.15, -0.1) is 6.58 Å². The number of ether oxygens (including phenoxy) is 1. The lowest BCUT2D eigenvalue weighted by molar-refractivity contribution is -0.143. The molecule has 8 heteroatoms. The molecule has 0 heterocycles. The van der Waals surface area contributed by atoms with E-state index < -0.39 is 29.7 Å². The van der Waals surface area contributed by atoms with Crippen LogP contribution in [0.15, 0.2) is 30.9 Å². The molecular formula is C29H45N3O5. The SMILES string of the molecule is C=CCN(C(=O)C(NC(=O)OC(C)(C)C)C(C)CC)C(C(=O)NC1CCCCC1)c1cccc(C)c1O. The molecule has 1 aliphatic rings. The maximum absolute atomic E-state index is 14.1. The maximum Gasteiger partial charge on any atom is 0.408 e. The summed E-state index contributed by atoms with van der Waals surface area (Å²) in [6, 6.07) is 3.15. The fourth-order valence-electron chi connectivity index (χ4n) is 4.64. The lowest BCUT2D eigenvalue weighted by atomic mass is 9.93. The Morgan fingerprint density at radius 1 is 1.22 bits per heavy atom. The molecule has 1 aromatic rings. The van der Waals surface area contributed by atoms with E-state index in [1.165, 1.54) is 4.90 Å². The van der Waals surface area contributed by atoms with Gasteiger partial charge in [-0.25, -0.2) is 4.79 Å². The van der Waals surface area contributed by atoms with Gasteiger partial charge in [-0.1, -0.05) is 63.8 Å². The Balaban J connectivity index is 2.50. The molecule has 8 nitrogen and oxygen atoms in total. The van der Waals surface area contributed by atoms with E-state index in [9.17, 15) is 19.5 Å². The first-order valence-electron chi connectivity index (χ1n) is 13.4. The van der Waals surface area contributed by atoms with Crippen molar-refractivity contribution in [2.24, 2.45) is 5.92 Å². The summed E-state index contributed by atoms with van der Waals surface area (Å²) < 4.78 is 5.42. The fraction of sp³-hybridized carbons (Fsp3) is 0.621. The van der Waals surface area contributed by atoms with E-state index in [2.05, 4.69) is 17.2 Å². The van der Waals surface area contributed by atoms with E-state index in [1.54, 1.807) is 52.0 Å². The van der Waals surface area contributed by atoms with Crippen molar-refractivity contribution in [1.82, 2.24) is 15.5 Å². The Hall–Kier alpha value is -3.03. The molecule has 0 aromatic heterocycles. The van der Waals surface area contributed by atoms with Crippen molar-refractivity contribution in [1.29, 1.82) is 0 Å². The number of carbonyl (C=O) groups excluding carboxylic acids is 3. The predicted molar refractivity (Wildman–Crippen MR) is 145 cm³/mol. The summed E-state index contributed by atoms with van der Waals surface area (Å²) in [5.74, 6) is -1.07. The second kappa shape index (κ2) is 13.5. The Morgan fingerprint density at radius 2 is 1.86 bits per heavy atom. The van der Waals surface area contributed by atoms with E-state index in [4.69, 9.17) is 4.74 Å². The molecule has 3 amide bonds. The average molecular weight is 516 g/mol. The van der Waals surface area contributed by atoms with Gasteiger partial charge < -0.3 is 25.4 Å². The number of hydrogen-bond donors (Lipinski definition) is 3. The zero-order chi connectivity index (χ0) is 27.8. The molecule has 1 aliphatic carbocycles. The second-order valence-corrected chi connectivity index (χ2v) is 11.0. The molecule has 1 aromatic carbocycles. The fourth-order valence-corrected chi connectivity index (χ4v) is 4.64. The zero-order valence-corrected chi connectivity index (χ0v) is 23.3. The molecule has 1 saturated carbocycles. The molecule has 0 bridgehead atoms. The summed E-state index contributed by atoms with van der Waals surface area (Å²) in [6.07, 6.45) is 6.43. The van der Waals surface area contributed by atoms with Crippen molar-refractivity contribution < 1.29 is 24.2 Å². The summed E-state index contributed by atoms with van der Waals surface area (Å²) in [5, 5.41) is 16.8. The van der Waals surface area contributed by atoms with Gasteiger partial charge in [-0.05, 0) is 52.0 Å². The van der Waals surface area contributed by atoms with E-state index in [0.29, 0.717) is 17.5 Å². The van der Waals surface area contributed by atoms with Crippen molar-refractivity contribution >= 4 is 17.9 Å². The highest BCUT2D eigenvalue weighted by molar-refractivity contribution is 5.93. The van der Waals surface area contributed by atoms with Gasteiger partial charge in [0.15, 0.2) is 0 Å². The van der Waals surface area contributed by atoms with E-state index >= 15 is 0 Å². The third-order valence-corrected chi connectivity index (χ3v) is 6.84. The number of hydrogen-bond acceptors (Lipinski definition) is 5. The van der Waals surface area contributed by atoms with Crippen molar-refractivity contribution in [3.8, 4) is 5.75 Å². The molecule has 1 fully saturated rings. The van der Waals surface area contributed by atoms with E-state index in [0.717, 1.165) is 32.1 Å². The van der Waals surface area contributed by atoms with Gasteiger partial charge in [0.05, 0.1) is 0 Å². The number of aromatic hydroxyl groups is 1. The number of nitrogens with one attached hydrogen (secondary N) is 2. The summed E-state index contributed by atoms with van der Waals surface area (Å²) in [7, 11) is 0. The van der Waals surface area contributed by atoms with Crippen molar-refractivity contribution in [2.45, 2.75) is 104 Å².